The number of hydrazone groups is 1. The first kappa shape index (κ1) is 18.2. The molecule has 0 saturated carbocycles. The highest BCUT2D eigenvalue weighted by atomic mass is 16.5. The van der Waals surface area contributed by atoms with Gasteiger partial charge < -0.3 is 25.0 Å². The van der Waals surface area contributed by atoms with Crippen molar-refractivity contribution in [3.8, 4) is 17.2 Å². The van der Waals surface area contributed by atoms with Gasteiger partial charge in [-0.25, -0.2) is 0 Å². The maximum absolute atomic E-state index is 12.8. The number of hydrogen-bond acceptors (Lipinski definition) is 6. The van der Waals surface area contributed by atoms with E-state index < -0.39 is 0 Å². The molecule has 0 aromatic heterocycles. The summed E-state index contributed by atoms with van der Waals surface area (Å²) < 4.78 is 16.5. The van der Waals surface area contributed by atoms with Gasteiger partial charge in [-0.1, -0.05) is 6.07 Å². The first-order valence-corrected chi connectivity index (χ1v) is 9.22. The first-order chi connectivity index (χ1) is 13.7. The normalized spacial score (nSPS) is 19.9. The molecule has 7 nitrogen and oxygen atoms in total. The second kappa shape index (κ2) is 7.80. The molecule has 0 spiro atoms. The van der Waals surface area contributed by atoms with E-state index in [2.05, 4.69) is 15.8 Å². The lowest BCUT2D eigenvalue weighted by Gasteiger charge is -2.25. The van der Waals surface area contributed by atoms with Crippen molar-refractivity contribution < 1.29 is 19.0 Å². The summed E-state index contributed by atoms with van der Waals surface area (Å²) in [5.41, 5.74) is 5.67. The van der Waals surface area contributed by atoms with Gasteiger partial charge in [-0.2, -0.15) is 5.10 Å². The van der Waals surface area contributed by atoms with E-state index in [0.29, 0.717) is 18.7 Å². The van der Waals surface area contributed by atoms with E-state index in [9.17, 15) is 4.79 Å². The van der Waals surface area contributed by atoms with Crippen LogP contribution in [0.4, 0.5) is 5.69 Å². The zero-order valence-electron chi connectivity index (χ0n) is 15.9. The summed E-state index contributed by atoms with van der Waals surface area (Å²) in [5, 5.41) is 7.04. The van der Waals surface area contributed by atoms with Crippen LogP contribution in [0.3, 0.4) is 0 Å². The number of anilines is 1. The molecule has 2 aliphatic rings. The van der Waals surface area contributed by atoms with Crippen LogP contribution in [0, 0.1) is 5.92 Å². The summed E-state index contributed by atoms with van der Waals surface area (Å²) in [5.74, 6) is 2.12. The minimum absolute atomic E-state index is 0.0765. The van der Waals surface area contributed by atoms with E-state index in [1.807, 2.05) is 42.6 Å². The number of nitrogens with zero attached hydrogens (tertiary/aromatic N) is 1. The molecule has 4 rings (SSSR count). The third-order valence-electron chi connectivity index (χ3n) is 5.10. The maximum Gasteiger partial charge on any atom is 0.231 e. The van der Waals surface area contributed by atoms with Crippen molar-refractivity contribution in [2.75, 3.05) is 32.7 Å². The lowest BCUT2D eigenvalue weighted by molar-refractivity contribution is -0.121. The van der Waals surface area contributed by atoms with E-state index in [-0.39, 0.29) is 17.7 Å². The predicted molar refractivity (Wildman–Crippen MR) is 107 cm³/mol. The van der Waals surface area contributed by atoms with Crippen LogP contribution in [0.25, 0.3) is 0 Å². The Kier molecular flexibility index (Phi) is 5.06. The van der Waals surface area contributed by atoms with Gasteiger partial charge in [-0.15, -0.1) is 0 Å². The summed E-state index contributed by atoms with van der Waals surface area (Å²) in [7, 11) is 3.25. The molecular formula is C21H23N3O4. The highest BCUT2D eigenvalue weighted by molar-refractivity contribution is 5.93. The van der Waals surface area contributed by atoms with E-state index in [4.69, 9.17) is 14.2 Å². The van der Waals surface area contributed by atoms with Gasteiger partial charge in [0.15, 0.2) is 0 Å². The zero-order valence-corrected chi connectivity index (χ0v) is 15.9. The van der Waals surface area contributed by atoms with Crippen LogP contribution in [0.5, 0.6) is 17.2 Å². The molecule has 146 valence electrons. The molecule has 2 N–H and O–H groups in total. The molecule has 2 heterocycles. The van der Waals surface area contributed by atoms with Crippen LogP contribution in [-0.4, -0.2) is 39.5 Å². The number of amides is 1. The third-order valence-corrected chi connectivity index (χ3v) is 5.10. The number of fused-ring (bicyclic) bond motifs is 1. The number of rotatable bonds is 5. The Bertz CT molecular complexity index is 913. The van der Waals surface area contributed by atoms with Crippen molar-refractivity contribution >= 4 is 17.8 Å². The Labute approximate surface area is 163 Å². The highest BCUT2D eigenvalue weighted by Crippen LogP contribution is 2.32. The number of carbonyl (C=O) groups excluding carboxylic acids is 1. The molecule has 2 aromatic carbocycles. The second-order valence-electron chi connectivity index (χ2n) is 6.88. The van der Waals surface area contributed by atoms with Crippen LogP contribution in [0.1, 0.15) is 17.0 Å². The number of ether oxygens (including phenoxy) is 3. The molecule has 0 fully saturated rings. The Morgan fingerprint density at radius 3 is 2.86 bits per heavy atom. The fourth-order valence-electron chi connectivity index (χ4n) is 3.54. The van der Waals surface area contributed by atoms with Crippen molar-refractivity contribution in [3.63, 3.8) is 0 Å². The fraction of sp³-hybridized carbons (Fsp3) is 0.333. The Balaban J connectivity index is 1.47. The lowest BCUT2D eigenvalue weighted by atomic mass is 9.95. The fourth-order valence-corrected chi connectivity index (χ4v) is 3.54. The molecule has 1 amide bonds. The molecule has 0 radical (unpaired) electrons. The molecule has 2 aromatic rings. The Morgan fingerprint density at radius 1 is 1.21 bits per heavy atom. The molecule has 2 atom stereocenters. The number of hydrogen-bond donors (Lipinski definition) is 2. The van der Waals surface area contributed by atoms with Gasteiger partial charge in [0.05, 0.1) is 20.1 Å². The number of methoxy groups -OCH3 is 2. The minimum Gasteiger partial charge on any atom is -0.497 e. The monoisotopic (exact) mass is 381 g/mol. The molecule has 2 aliphatic heterocycles. The minimum atomic E-state index is -0.267. The highest BCUT2D eigenvalue weighted by Gasteiger charge is 2.27. The second-order valence-corrected chi connectivity index (χ2v) is 6.88. The van der Waals surface area contributed by atoms with Gasteiger partial charge in [-0.3, -0.25) is 4.79 Å². The average Bonchev–Trinajstić information content (AvgIpc) is 3.27. The Morgan fingerprint density at radius 2 is 2.11 bits per heavy atom. The van der Waals surface area contributed by atoms with E-state index in [1.165, 1.54) is 0 Å². The Hall–Kier alpha value is -3.22. The zero-order chi connectivity index (χ0) is 19.5. The average molecular weight is 381 g/mol. The summed E-state index contributed by atoms with van der Waals surface area (Å²) in [6.07, 6.45) is 2.47. The molecule has 0 aliphatic carbocycles. The molecule has 7 heteroatoms. The third kappa shape index (κ3) is 3.60. The van der Waals surface area contributed by atoms with Gasteiger partial charge in [0.1, 0.15) is 23.9 Å². The number of benzene rings is 2. The smallest absolute Gasteiger partial charge is 0.231 e. The summed E-state index contributed by atoms with van der Waals surface area (Å²) >= 11 is 0. The molecule has 2 unspecified atom stereocenters. The van der Waals surface area contributed by atoms with E-state index in [0.717, 1.165) is 34.9 Å². The van der Waals surface area contributed by atoms with Crippen molar-refractivity contribution in [2.24, 2.45) is 11.0 Å². The molecule has 28 heavy (non-hydrogen) atoms. The quantitative estimate of drug-likeness (QED) is 0.832. The van der Waals surface area contributed by atoms with E-state index in [1.54, 1.807) is 14.2 Å². The summed E-state index contributed by atoms with van der Waals surface area (Å²) in [4.78, 5) is 12.8. The first-order valence-electron chi connectivity index (χ1n) is 9.22. The topological polar surface area (TPSA) is 81.2 Å². The van der Waals surface area contributed by atoms with Gasteiger partial charge in [0.2, 0.25) is 5.91 Å². The van der Waals surface area contributed by atoms with Gasteiger partial charge in [0, 0.05) is 36.0 Å². The summed E-state index contributed by atoms with van der Waals surface area (Å²) in [6, 6.07) is 11.4. The van der Waals surface area contributed by atoms with Crippen LogP contribution in [0.15, 0.2) is 41.5 Å². The molecular weight excluding hydrogens is 358 g/mol. The molecule has 0 saturated heterocycles. The number of nitrogens with one attached hydrogen (secondary N) is 2. The SMILES string of the molecule is COc1ccc2c(c1)CC(C(=O)Nc1ccc(C3C=NNC3)c(OC)c1)CO2. The van der Waals surface area contributed by atoms with Crippen molar-refractivity contribution in [1.82, 2.24) is 5.43 Å². The molecule has 0 bridgehead atoms. The standard InChI is InChI=1S/C21H23N3O4/c1-26-17-4-6-19-13(8-17)7-14(12-28-19)21(25)24-16-3-5-18(20(9-16)27-2)15-10-22-23-11-15/h3-6,8-10,14-15,23H,7,11-12H2,1-2H3,(H,24,25). The van der Waals surface area contributed by atoms with Crippen molar-refractivity contribution in [1.29, 1.82) is 0 Å². The lowest BCUT2D eigenvalue weighted by Crippen LogP contribution is -2.32. The summed E-state index contributed by atoms with van der Waals surface area (Å²) in [6.45, 7) is 1.09. The largest absolute Gasteiger partial charge is 0.497 e. The van der Waals surface area contributed by atoms with Crippen LogP contribution >= 0.6 is 0 Å². The number of carbonyl (C=O) groups is 1. The van der Waals surface area contributed by atoms with Crippen LogP contribution < -0.4 is 25.0 Å². The van der Waals surface area contributed by atoms with Crippen molar-refractivity contribution in [2.45, 2.75) is 12.3 Å². The maximum atomic E-state index is 12.8. The van der Waals surface area contributed by atoms with Crippen LogP contribution in [-0.2, 0) is 11.2 Å². The van der Waals surface area contributed by atoms with Gasteiger partial charge in [0.25, 0.3) is 0 Å². The van der Waals surface area contributed by atoms with Gasteiger partial charge >= 0.3 is 0 Å². The van der Waals surface area contributed by atoms with E-state index >= 15 is 0 Å². The van der Waals surface area contributed by atoms with Crippen LogP contribution in [0.2, 0.25) is 0 Å². The van der Waals surface area contributed by atoms with Crippen molar-refractivity contribution in [3.05, 3.63) is 47.5 Å². The predicted octanol–water partition coefficient (Wildman–Crippen LogP) is 2.57. The van der Waals surface area contributed by atoms with Gasteiger partial charge in [-0.05, 0) is 36.2 Å².